The van der Waals surface area contributed by atoms with Crippen molar-refractivity contribution in [1.82, 2.24) is 25.2 Å². The average Bonchev–Trinajstić information content (AvgIpc) is 3.62. The number of cyclic esters (lactones) is 1. The summed E-state index contributed by atoms with van der Waals surface area (Å²) in [6.07, 6.45) is 4.58. The third-order valence-corrected chi connectivity index (χ3v) is 8.28. The monoisotopic (exact) mass is 556 g/mol. The molecule has 5 rings (SSSR count). The number of unbranched alkanes of at least 4 members (excludes halogenated alkanes) is 2. The summed E-state index contributed by atoms with van der Waals surface area (Å²) in [6, 6.07) is 9.51. The van der Waals surface area contributed by atoms with Gasteiger partial charge in [-0.25, -0.2) is 14.0 Å². The van der Waals surface area contributed by atoms with Crippen molar-refractivity contribution >= 4 is 19.6 Å². The van der Waals surface area contributed by atoms with Crippen LogP contribution in [0.2, 0.25) is 0 Å². The summed E-state index contributed by atoms with van der Waals surface area (Å²) in [5.74, 6) is 0.582. The van der Waals surface area contributed by atoms with Crippen molar-refractivity contribution in [2.75, 3.05) is 24.7 Å². The van der Waals surface area contributed by atoms with Crippen LogP contribution in [0.25, 0.3) is 22.6 Å². The van der Waals surface area contributed by atoms with Crippen LogP contribution < -0.4 is 4.90 Å². The maximum atomic E-state index is 13.2. The first-order valence-electron chi connectivity index (χ1n) is 13.3. The maximum Gasteiger partial charge on any atom is 0.474 e. The van der Waals surface area contributed by atoms with Crippen LogP contribution in [0.4, 0.5) is 10.5 Å². The third kappa shape index (κ3) is 5.89. The number of tetrazole rings is 1. The van der Waals surface area contributed by atoms with Crippen LogP contribution in [0, 0.1) is 0 Å². The number of pyridine rings is 1. The Labute approximate surface area is 227 Å². The van der Waals surface area contributed by atoms with Crippen molar-refractivity contribution in [3.63, 3.8) is 0 Å². The Bertz CT molecular complexity index is 1330. The van der Waals surface area contributed by atoms with Gasteiger partial charge in [-0.3, -0.25) is 23.5 Å². The van der Waals surface area contributed by atoms with E-state index in [9.17, 15) is 9.36 Å². The van der Waals surface area contributed by atoms with Crippen LogP contribution in [-0.4, -0.2) is 63.3 Å². The Morgan fingerprint density at radius 2 is 1.79 bits per heavy atom. The fourth-order valence-electron chi connectivity index (χ4n) is 4.66. The van der Waals surface area contributed by atoms with Crippen molar-refractivity contribution in [2.24, 2.45) is 7.05 Å². The summed E-state index contributed by atoms with van der Waals surface area (Å²) < 4.78 is 37.1. The van der Waals surface area contributed by atoms with E-state index in [4.69, 9.17) is 18.3 Å². The molecule has 4 heterocycles. The lowest BCUT2D eigenvalue weighted by molar-refractivity contribution is 0.0551. The summed E-state index contributed by atoms with van der Waals surface area (Å²) in [5.41, 5.74) is 4.40. The molecule has 2 aliphatic rings. The van der Waals surface area contributed by atoms with E-state index < -0.39 is 20.0 Å². The number of nitrogens with zero attached hydrogens (tertiary/aromatic N) is 6. The minimum absolute atomic E-state index is 0.0778. The van der Waals surface area contributed by atoms with Gasteiger partial charge in [0.2, 0.25) is 0 Å². The van der Waals surface area contributed by atoms with E-state index in [0.717, 1.165) is 48.1 Å². The first kappa shape index (κ1) is 27.4. The molecule has 2 atom stereocenters. The Morgan fingerprint density at radius 1 is 1.05 bits per heavy atom. The zero-order valence-corrected chi connectivity index (χ0v) is 23.3. The van der Waals surface area contributed by atoms with Crippen molar-refractivity contribution in [2.45, 2.75) is 58.1 Å². The predicted octanol–water partition coefficient (Wildman–Crippen LogP) is 4.95. The summed E-state index contributed by atoms with van der Waals surface area (Å²) in [4.78, 5) is 19.0. The van der Waals surface area contributed by atoms with Crippen molar-refractivity contribution < 1.29 is 27.7 Å². The predicted molar refractivity (Wildman–Crippen MR) is 143 cm³/mol. The number of aromatic nitrogens is 5. The second-order valence-electron chi connectivity index (χ2n) is 9.58. The SMILES string of the molecule is CCCCOP(=O)(OCCCC)OC[C@@H]1OC(=O)N2c3ccc(-c4ccc(-c5nnnn5C)nc4)cc3C[C@@H]12. The van der Waals surface area contributed by atoms with Gasteiger partial charge in [0.15, 0.2) is 5.82 Å². The molecule has 1 fully saturated rings. The molecule has 0 N–H and O–H groups in total. The fourth-order valence-corrected chi connectivity index (χ4v) is 5.92. The van der Waals surface area contributed by atoms with E-state index in [1.807, 2.05) is 38.1 Å². The van der Waals surface area contributed by atoms with Crippen molar-refractivity contribution in [1.29, 1.82) is 0 Å². The number of fused-ring (bicyclic) bond motifs is 3. The largest absolute Gasteiger partial charge is 0.474 e. The van der Waals surface area contributed by atoms with Gasteiger partial charge in [-0.1, -0.05) is 38.8 Å². The molecule has 0 saturated carbocycles. The number of hydrogen-bond donors (Lipinski definition) is 0. The molecule has 1 aromatic carbocycles. The zero-order chi connectivity index (χ0) is 27.4. The number of rotatable bonds is 13. The number of phosphoric acid groups is 1. The minimum atomic E-state index is -3.76. The van der Waals surface area contributed by atoms with E-state index in [0.29, 0.717) is 17.9 Å². The molecular weight excluding hydrogens is 523 g/mol. The normalized spacial score (nSPS) is 18.3. The summed E-state index contributed by atoms with van der Waals surface area (Å²) in [5, 5.41) is 11.5. The first-order chi connectivity index (χ1) is 18.9. The lowest BCUT2D eigenvalue weighted by Crippen LogP contribution is -2.35. The van der Waals surface area contributed by atoms with Gasteiger partial charge in [-0.15, -0.1) is 5.10 Å². The van der Waals surface area contributed by atoms with Gasteiger partial charge in [0.25, 0.3) is 0 Å². The molecule has 1 amide bonds. The van der Waals surface area contributed by atoms with Crippen LogP contribution >= 0.6 is 7.82 Å². The molecule has 13 heteroatoms. The third-order valence-electron chi connectivity index (χ3n) is 6.82. The second-order valence-corrected chi connectivity index (χ2v) is 11.3. The highest BCUT2D eigenvalue weighted by molar-refractivity contribution is 7.48. The van der Waals surface area contributed by atoms with E-state index in [-0.39, 0.29) is 25.9 Å². The number of carbonyl (C=O) groups excluding carboxylic acids is 1. The molecule has 0 aliphatic carbocycles. The second kappa shape index (κ2) is 11.9. The quantitative estimate of drug-likeness (QED) is 0.211. The van der Waals surface area contributed by atoms with E-state index >= 15 is 0 Å². The molecule has 1 saturated heterocycles. The number of amides is 1. The number of phosphoric ester groups is 1. The number of ether oxygens (including phenoxy) is 1. The fraction of sp³-hybridized carbons (Fsp3) is 0.500. The Hall–Kier alpha value is -3.18. The number of benzene rings is 1. The van der Waals surface area contributed by atoms with Gasteiger partial charge >= 0.3 is 13.9 Å². The topological polar surface area (TPSA) is 131 Å². The lowest BCUT2D eigenvalue weighted by Gasteiger charge is -2.21. The van der Waals surface area contributed by atoms with Gasteiger partial charge < -0.3 is 4.74 Å². The molecular formula is C26H33N6O6P. The van der Waals surface area contributed by atoms with Gasteiger partial charge in [0.1, 0.15) is 11.8 Å². The lowest BCUT2D eigenvalue weighted by atomic mass is 10.0. The molecule has 3 aromatic rings. The first-order valence-corrected chi connectivity index (χ1v) is 14.7. The average molecular weight is 557 g/mol. The molecule has 0 spiro atoms. The highest BCUT2D eigenvalue weighted by Gasteiger charge is 2.48. The van der Waals surface area contributed by atoms with E-state index in [2.05, 4.69) is 26.6 Å². The van der Waals surface area contributed by atoms with Crippen LogP contribution in [0.3, 0.4) is 0 Å². The van der Waals surface area contributed by atoms with E-state index in [1.54, 1.807) is 22.8 Å². The number of anilines is 1. The molecule has 0 bridgehead atoms. The summed E-state index contributed by atoms with van der Waals surface area (Å²) >= 11 is 0. The number of carbonyl (C=O) groups is 1. The minimum Gasteiger partial charge on any atom is -0.441 e. The van der Waals surface area contributed by atoms with Gasteiger partial charge in [-0.2, -0.15) is 0 Å². The standard InChI is InChI=1S/C26H33N6O6P/c1-4-6-12-35-39(34,36-13-7-5-2)37-17-24-23-15-20-14-18(9-11-22(20)32(23)26(33)38-24)19-8-10-21(27-16-19)25-28-29-30-31(25)3/h8-11,14,16,23-24H,4-7,12-13,15,17H2,1-3H3/t23-,24-/m0/s1. The van der Waals surface area contributed by atoms with E-state index in [1.165, 1.54) is 0 Å². The number of hydrogen-bond acceptors (Lipinski definition) is 10. The maximum absolute atomic E-state index is 13.2. The molecule has 2 aromatic heterocycles. The van der Waals surface area contributed by atoms with Gasteiger partial charge in [0, 0.05) is 18.8 Å². The Balaban J connectivity index is 1.27. The number of aryl methyl sites for hydroxylation is 1. The summed E-state index contributed by atoms with van der Waals surface area (Å²) in [6.45, 7) is 4.52. The van der Waals surface area contributed by atoms with Gasteiger partial charge in [-0.05, 0) is 59.0 Å². The zero-order valence-electron chi connectivity index (χ0n) is 22.4. The van der Waals surface area contributed by atoms with Crippen LogP contribution in [0.15, 0.2) is 36.5 Å². The van der Waals surface area contributed by atoms with Crippen molar-refractivity contribution in [3.05, 3.63) is 42.1 Å². The highest BCUT2D eigenvalue weighted by Crippen LogP contribution is 2.51. The van der Waals surface area contributed by atoms with Crippen LogP contribution in [-0.2, 0) is 36.3 Å². The molecule has 39 heavy (non-hydrogen) atoms. The molecule has 0 unspecified atom stereocenters. The smallest absolute Gasteiger partial charge is 0.441 e. The molecule has 0 radical (unpaired) electrons. The van der Waals surface area contributed by atoms with Gasteiger partial charge in [0.05, 0.1) is 31.5 Å². The van der Waals surface area contributed by atoms with Crippen LogP contribution in [0.5, 0.6) is 0 Å². The van der Waals surface area contributed by atoms with Crippen molar-refractivity contribution in [3.8, 4) is 22.6 Å². The molecule has 208 valence electrons. The Morgan fingerprint density at radius 3 is 2.44 bits per heavy atom. The van der Waals surface area contributed by atoms with Crippen LogP contribution in [0.1, 0.15) is 45.1 Å². The highest BCUT2D eigenvalue weighted by atomic mass is 31.2. The molecule has 12 nitrogen and oxygen atoms in total. The molecule has 2 aliphatic heterocycles. The summed E-state index contributed by atoms with van der Waals surface area (Å²) in [7, 11) is -2.00. The Kier molecular flexibility index (Phi) is 8.37.